The summed E-state index contributed by atoms with van der Waals surface area (Å²) in [7, 11) is 0. The van der Waals surface area contributed by atoms with Gasteiger partial charge in [0.1, 0.15) is 18.1 Å². The standard InChI is InChI=1S/C15H14O5/c1-2-18-15(17)14-8-7-12(20-14)10-19-13-6-4-3-5-11(13)9-16/h3-9H,2,10H2,1H3. The number of aldehydes is 1. The van der Waals surface area contributed by atoms with Gasteiger partial charge in [0.05, 0.1) is 12.2 Å². The molecule has 0 N–H and O–H groups in total. The van der Waals surface area contributed by atoms with E-state index in [1.54, 1.807) is 37.3 Å². The van der Waals surface area contributed by atoms with Crippen LogP contribution in [-0.4, -0.2) is 18.9 Å². The Morgan fingerprint density at radius 3 is 2.80 bits per heavy atom. The van der Waals surface area contributed by atoms with E-state index < -0.39 is 5.97 Å². The first-order chi connectivity index (χ1) is 9.74. The lowest BCUT2D eigenvalue weighted by molar-refractivity contribution is 0.0486. The third-order valence-corrected chi connectivity index (χ3v) is 2.55. The van der Waals surface area contributed by atoms with E-state index >= 15 is 0 Å². The van der Waals surface area contributed by atoms with Gasteiger partial charge in [-0.3, -0.25) is 4.79 Å². The molecule has 0 aliphatic rings. The molecule has 0 spiro atoms. The zero-order chi connectivity index (χ0) is 14.4. The van der Waals surface area contributed by atoms with E-state index in [1.165, 1.54) is 6.07 Å². The van der Waals surface area contributed by atoms with Gasteiger partial charge < -0.3 is 13.9 Å². The van der Waals surface area contributed by atoms with Crippen LogP contribution in [0.2, 0.25) is 0 Å². The van der Waals surface area contributed by atoms with Crippen LogP contribution in [0, 0.1) is 0 Å². The van der Waals surface area contributed by atoms with Crippen LogP contribution in [0.3, 0.4) is 0 Å². The fraction of sp³-hybridized carbons (Fsp3) is 0.200. The maximum Gasteiger partial charge on any atom is 0.374 e. The van der Waals surface area contributed by atoms with E-state index in [1.807, 2.05) is 0 Å². The van der Waals surface area contributed by atoms with Crippen molar-refractivity contribution in [1.29, 1.82) is 0 Å². The number of para-hydroxylation sites is 1. The van der Waals surface area contributed by atoms with Gasteiger partial charge in [-0.1, -0.05) is 12.1 Å². The summed E-state index contributed by atoms with van der Waals surface area (Å²) >= 11 is 0. The number of esters is 1. The van der Waals surface area contributed by atoms with Crippen LogP contribution in [-0.2, 0) is 11.3 Å². The summed E-state index contributed by atoms with van der Waals surface area (Å²) in [6.45, 7) is 2.14. The molecule has 2 aromatic rings. The Balaban J connectivity index is 2.01. The van der Waals surface area contributed by atoms with Crippen LogP contribution in [0.25, 0.3) is 0 Å². The quantitative estimate of drug-likeness (QED) is 0.598. The minimum absolute atomic E-state index is 0.129. The van der Waals surface area contributed by atoms with Gasteiger partial charge in [-0.05, 0) is 31.2 Å². The minimum atomic E-state index is -0.507. The zero-order valence-corrected chi connectivity index (χ0v) is 11.0. The predicted molar refractivity (Wildman–Crippen MR) is 70.8 cm³/mol. The van der Waals surface area contributed by atoms with Gasteiger partial charge in [0.15, 0.2) is 6.29 Å². The van der Waals surface area contributed by atoms with Gasteiger partial charge in [0, 0.05) is 0 Å². The van der Waals surface area contributed by atoms with E-state index in [0.29, 0.717) is 17.1 Å². The maximum absolute atomic E-state index is 11.4. The molecule has 104 valence electrons. The number of ether oxygens (including phenoxy) is 2. The zero-order valence-electron chi connectivity index (χ0n) is 11.0. The molecule has 0 aliphatic carbocycles. The van der Waals surface area contributed by atoms with Crippen molar-refractivity contribution in [1.82, 2.24) is 0 Å². The number of carbonyl (C=O) groups is 2. The highest BCUT2D eigenvalue weighted by molar-refractivity contribution is 5.86. The van der Waals surface area contributed by atoms with Crippen LogP contribution in [0.5, 0.6) is 5.75 Å². The van der Waals surface area contributed by atoms with Gasteiger partial charge in [-0.15, -0.1) is 0 Å². The van der Waals surface area contributed by atoms with Crippen molar-refractivity contribution in [2.45, 2.75) is 13.5 Å². The summed E-state index contributed by atoms with van der Waals surface area (Å²) in [5, 5.41) is 0. The Kier molecular flexibility index (Phi) is 4.55. The summed E-state index contributed by atoms with van der Waals surface area (Å²) in [4.78, 5) is 22.3. The molecule has 0 saturated heterocycles. The van der Waals surface area contributed by atoms with Gasteiger partial charge in [-0.25, -0.2) is 4.79 Å². The molecule has 5 heteroatoms. The number of benzene rings is 1. The molecule has 0 fully saturated rings. The molecule has 1 aromatic heterocycles. The molecule has 20 heavy (non-hydrogen) atoms. The summed E-state index contributed by atoms with van der Waals surface area (Å²) in [6.07, 6.45) is 0.724. The summed E-state index contributed by atoms with van der Waals surface area (Å²) in [5.74, 6) is 0.575. The smallest absolute Gasteiger partial charge is 0.374 e. The molecule has 1 aromatic carbocycles. The van der Waals surface area contributed by atoms with Gasteiger partial charge in [-0.2, -0.15) is 0 Å². The largest absolute Gasteiger partial charge is 0.485 e. The Morgan fingerprint density at radius 2 is 2.05 bits per heavy atom. The maximum atomic E-state index is 11.4. The molecule has 0 aliphatic heterocycles. The van der Waals surface area contributed by atoms with E-state index in [9.17, 15) is 9.59 Å². The Bertz CT molecular complexity index is 600. The summed E-state index contributed by atoms with van der Waals surface area (Å²) in [6, 6.07) is 10.0. The SMILES string of the molecule is CCOC(=O)c1ccc(COc2ccccc2C=O)o1. The van der Waals surface area contributed by atoms with Crippen molar-refractivity contribution in [3.05, 3.63) is 53.5 Å². The van der Waals surface area contributed by atoms with Gasteiger partial charge in [0.2, 0.25) is 5.76 Å². The van der Waals surface area contributed by atoms with Crippen LogP contribution in [0.4, 0.5) is 0 Å². The molecule has 0 unspecified atom stereocenters. The average molecular weight is 274 g/mol. The predicted octanol–water partition coefficient (Wildman–Crippen LogP) is 2.85. The lowest BCUT2D eigenvalue weighted by Crippen LogP contribution is -2.03. The number of hydrogen-bond donors (Lipinski definition) is 0. The molecule has 0 amide bonds. The topological polar surface area (TPSA) is 65.7 Å². The second kappa shape index (κ2) is 6.56. The molecule has 2 rings (SSSR count). The van der Waals surface area contributed by atoms with E-state index in [2.05, 4.69) is 0 Å². The first-order valence-corrected chi connectivity index (χ1v) is 6.17. The molecule has 0 radical (unpaired) electrons. The summed E-state index contributed by atoms with van der Waals surface area (Å²) < 4.78 is 15.6. The van der Waals surface area contributed by atoms with Crippen LogP contribution in [0.1, 0.15) is 33.6 Å². The van der Waals surface area contributed by atoms with Crippen molar-refractivity contribution < 1.29 is 23.5 Å². The first kappa shape index (κ1) is 13.9. The third kappa shape index (κ3) is 3.26. The van der Waals surface area contributed by atoms with Crippen LogP contribution >= 0.6 is 0 Å². The van der Waals surface area contributed by atoms with E-state index in [4.69, 9.17) is 13.9 Å². The monoisotopic (exact) mass is 274 g/mol. The third-order valence-electron chi connectivity index (χ3n) is 2.55. The van der Waals surface area contributed by atoms with Crippen molar-refractivity contribution in [2.24, 2.45) is 0 Å². The summed E-state index contributed by atoms with van der Waals surface area (Å²) in [5.41, 5.74) is 0.463. The van der Waals surface area contributed by atoms with Crippen LogP contribution in [0.15, 0.2) is 40.8 Å². The molecule has 5 nitrogen and oxygen atoms in total. The average Bonchev–Trinajstić information content (AvgIpc) is 2.94. The Hall–Kier alpha value is -2.56. The minimum Gasteiger partial charge on any atom is -0.485 e. The number of furan rings is 1. The van der Waals surface area contributed by atoms with Gasteiger partial charge >= 0.3 is 5.97 Å². The number of carbonyl (C=O) groups excluding carboxylic acids is 2. The molecular formula is C15H14O5. The molecule has 0 bridgehead atoms. The second-order valence-corrected chi connectivity index (χ2v) is 3.93. The molecular weight excluding hydrogens is 260 g/mol. The first-order valence-electron chi connectivity index (χ1n) is 6.17. The number of hydrogen-bond acceptors (Lipinski definition) is 5. The van der Waals surface area contributed by atoms with Crippen molar-refractivity contribution in [2.75, 3.05) is 6.61 Å². The highest BCUT2D eigenvalue weighted by atomic mass is 16.5. The highest BCUT2D eigenvalue weighted by Crippen LogP contribution is 2.18. The number of rotatable bonds is 6. The molecule has 0 saturated carbocycles. The van der Waals surface area contributed by atoms with Crippen LogP contribution < -0.4 is 4.74 Å². The Morgan fingerprint density at radius 1 is 1.25 bits per heavy atom. The van der Waals surface area contributed by atoms with Crippen molar-refractivity contribution in [3.63, 3.8) is 0 Å². The molecule has 1 heterocycles. The normalized spacial score (nSPS) is 10.1. The molecule has 0 atom stereocenters. The van der Waals surface area contributed by atoms with E-state index in [-0.39, 0.29) is 19.0 Å². The fourth-order valence-corrected chi connectivity index (χ4v) is 1.63. The lowest BCUT2D eigenvalue weighted by Gasteiger charge is -2.06. The second-order valence-electron chi connectivity index (χ2n) is 3.93. The fourth-order valence-electron chi connectivity index (χ4n) is 1.63. The Labute approximate surface area is 116 Å². The van der Waals surface area contributed by atoms with Gasteiger partial charge in [0.25, 0.3) is 0 Å². The van der Waals surface area contributed by atoms with E-state index in [0.717, 1.165) is 6.29 Å². The lowest BCUT2D eigenvalue weighted by atomic mass is 10.2. The van der Waals surface area contributed by atoms with Crippen molar-refractivity contribution >= 4 is 12.3 Å². The highest BCUT2D eigenvalue weighted by Gasteiger charge is 2.12. The van der Waals surface area contributed by atoms with Crippen molar-refractivity contribution in [3.8, 4) is 5.75 Å².